The van der Waals surface area contributed by atoms with Gasteiger partial charge in [0.05, 0.1) is 5.52 Å². The number of carbonyl (C=O) groups excluding carboxylic acids is 1. The Kier molecular flexibility index (Phi) is 5.55. The lowest BCUT2D eigenvalue weighted by Gasteiger charge is -2.21. The molecule has 2 aromatic heterocycles. The van der Waals surface area contributed by atoms with Gasteiger partial charge in [-0.1, -0.05) is 12.1 Å². The second kappa shape index (κ2) is 7.77. The lowest BCUT2D eigenvalue weighted by molar-refractivity contribution is -0.155. The van der Waals surface area contributed by atoms with Crippen molar-refractivity contribution < 1.29 is 18.3 Å². The van der Waals surface area contributed by atoms with Crippen molar-refractivity contribution in [2.45, 2.75) is 45.8 Å². The van der Waals surface area contributed by atoms with Gasteiger partial charge in [0.25, 0.3) is 0 Å². The monoisotopic (exact) mass is 403 g/mol. The van der Waals surface area contributed by atoms with Crippen LogP contribution in [0, 0.1) is 11.6 Å². The molecule has 0 saturated carbocycles. The minimum atomic E-state index is -0.920. The number of pyridine rings is 1. The summed E-state index contributed by atoms with van der Waals surface area (Å²) in [6, 6.07) is 5.37. The van der Waals surface area contributed by atoms with Crippen LogP contribution in [0.5, 0.6) is 0 Å². The predicted molar refractivity (Wildman–Crippen MR) is 105 cm³/mol. The molecule has 0 bridgehead atoms. The molecule has 0 fully saturated rings. The number of nitrogens with zero attached hydrogens (tertiary/aromatic N) is 3. The van der Waals surface area contributed by atoms with Gasteiger partial charge >= 0.3 is 5.97 Å². The van der Waals surface area contributed by atoms with Crippen molar-refractivity contribution in [2.75, 3.05) is 0 Å². The Morgan fingerprint density at radius 2 is 1.93 bits per heavy atom. The van der Waals surface area contributed by atoms with Crippen LogP contribution in [0.3, 0.4) is 0 Å². The number of hydrogen-bond donors (Lipinski definition) is 0. The zero-order valence-corrected chi connectivity index (χ0v) is 16.8. The normalized spacial score (nSPS) is 11.8. The Morgan fingerprint density at radius 1 is 1.21 bits per heavy atom. The number of benzene rings is 1. The lowest BCUT2D eigenvalue weighted by Crippen LogP contribution is -2.28. The molecule has 8 heteroatoms. The van der Waals surface area contributed by atoms with E-state index in [0.29, 0.717) is 11.2 Å². The third-order valence-corrected chi connectivity index (χ3v) is 4.37. The highest BCUT2D eigenvalue weighted by Gasteiger charge is 2.20. The first-order valence-electron chi connectivity index (χ1n) is 9.26. The maximum Gasteiger partial charge on any atom is 0.326 e. The van der Waals surface area contributed by atoms with Gasteiger partial charge in [-0.2, -0.15) is 5.10 Å². The molecule has 0 radical (unpaired) electrons. The fraction of sp³-hybridized carbons (Fsp3) is 0.381. The Balaban J connectivity index is 2.00. The summed E-state index contributed by atoms with van der Waals surface area (Å²) in [5.41, 5.74) is 0.486. The topological polar surface area (TPSA) is 66.1 Å². The van der Waals surface area contributed by atoms with Crippen molar-refractivity contribution in [1.82, 2.24) is 14.3 Å². The third kappa shape index (κ3) is 4.70. The minimum absolute atomic E-state index is 0.124. The van der Waals surface area contributed by atoms with Gasteiger partial charge in [0.15, 0.2) is 17.2 Å². The van der Waals surface area contributed by atoms with E-state index >= 15 is 0 Å². The van der Waals surface area contributed by atoms with Crippen molar-refractivity contribution >= 4 is 17.0 Å². The quantitative estimate of drug-likeness (QED) is 0.614. The van der Waals surface area contributed by atoms with E-state index in [4.69, 9.17) is 4.74 Å². The predicted octanol–water partition coefficient (Wildman–Crippen LogP) is 3.14. The van der Waals surface area contributed by atoms with Gasteiger partial charge in [-0.3, -0.25) is 14.3 Å². The molecule has 3 aromatic rings. The van der Waals surface area contributed by atoms with Gasteiger partial charge < -0.3 is 9.30 Å². The Bertz CT molecular complexity index is 1130. The number of rotatable bonds is 5. The molecule has 29 heavy (non-hydrogen) atoms. The minimum Gasteiger partial charge on any atom is -0.459 e. The number of fused-ring (bicyclic) bond motifs is 1. The first kappa shape index (κ1) is 20.7. The van der Waals surface area contributed by atoms with Crippen molar-refractivity contribution in [3.8, 4) is 0 Å². The standard InChI is InChI=1S/C21H23F2N3O3/c1-21(2,3)29-18(28)12-26-14(9-8-13-6-5-7-15(22)19(13)23)10-17(27)20-16(26)11-25(4)24-20/h5-7,10-11H,8-9,12H2,1-4H3. The fourth-order valence-electron chi connectivity index (χ4n) is 3.20. The van der Waals surface area contributed by atoms with Gasteiger partial charge in [-0.15, -0.1) is 0 Å². The van der Waals surface area contributed by atoms with Crippen LogP contribution in [0.4, 0.5) is 8.78 Å². The fourth-order valence-corrected chi connectivity index (χ4v) is 3.20. The highest BCUT2D eigenvalue weighted by molar-refractivity contribution is 5.78. The summed E-state index contributed by atoms with van der Waals surface area (Å²) in [6.45, 7) is 5.18. The van der Waals surface area contributed by atoms with Gasteiger partial charge in [0, 0.05) is 25.0 Å². The highest BCUT2D eigenvalue weighted by atomic mass is 19.2. The van der Waals surface area contributed by atoms with Crippen LogP contribution < -0.4 is 5.43 Å². The number of ether oxygens (including phenoxy) is 1. The zero-order valence-electron chi connectivity index (χ0n) is 16.8. The molecule has 154 valence electrons. The number of aromatic nitrogens is 3. The van der Waals surface area contributed by atoms with E-state index in [9.17, 15) is 18.4 Å². The smallest absolute Gasteiger partial charge is 0.326 e. The maximum absolute atomic E-state index is 14.0. The first-order valence-corrected chi connectivity index (χ1v) is 9.26. The molecule has 0 spiro atoms. The van der Waals surface area contributed by atoms with Crippen molar-refractivity contribution in [1.29, 1.82) is 0 Å². The average molecular weight is 403 g/mol. The van der Waals surface area contributed by atoms with E-state index in [-0.39, 0.29) is 35.9 Å². The number of hydrogen-bond acceptors (Lipinski definition) is 4. The summed E-state index contributed by atoms with van der Waals surface area (Å²) in [4.78, 5) is 24.9. The van der Waals surface area contributed by atoms with E-state index in [2.05, 4.69) is 5.10 Å². The second-order valence-corrected chi connectivity index (χ2v) is 7.92. The summed E-state index contributed by atoms with van der Waals surface area (Å²) in [5, 5.41) is 4.16. The molecule has 0 aliphatic rings. The van der Waals surface area contributed by atoms with Crippen LogP contribution >= 0.6 is 0 Å². The van der Waals surface area contributed by atoms with E-state index < -0.39 is 23.2 Å². The van der Waals surface area contributed by atoms with E-state index in [1.54, 1.807) is 38.6 Å². The highest BCUT2D eigenvalue weighted by Crippen LogP contribution is 2.18. The number of halogens is 2. The average Bonchev–Trinajstić information content (AvgIpc) is 3.00. The molecule has 0 aliphatic carbocycles. The van der Waals surface area contributed by atoms with E-state index in [1.807, 2.05) is 0 Å². The van der Waals surface area contributed by atoms with Crippen LogP contribution in [-0.2, 0) is 36.0 Å². The van der Waals surface area contributed by atoms with E-state index in [0.717, 1.165) is 6.07 Å². The number of aryl methyl sites for hydroxylation is 3. The van der Waals surface area contributed by atoms with Crippen LogP contribution in [0.25, 0.3) is 11.0 Å². The molecule has 0 saturated heterocycles. The molecule has 0 aliphatic heterocycles. The summed E-state index contributed by atoms with van der Waals surface area (Å²) < 4.78 is 36.0. The molecular formula is C21H23F2N3O3. The molecule has 0 N–H and O–H groups in total. The Morgan fingerprint density at radius 3 is 2.62 bits per heavy atom. The second-order valence-electron chi connectivity index (χ2n) is 7.92. The molecule has 0 atom stereocenters. The van der Waals surface area contributed by atoms with Gasteiger partial charge in [0.2, 0.25) is 5.43 Å². The molecule has 3 rings (SSSR count). The van der Waals surface area contributed by atoms with Crippen LogP contribution in [0.2, 0.25) is 0 Å². The molecular weight excluding hydrogens is 380 g/mol. The summed E-state index contributed by atoms with van der Waals surface area (Å²) in [5.74, 6) is -2.29. The molecule has 0 unspecified atom stereocenters. The molecule has 2 heterocycles. The SMILES string of the molecule is Cn1cc2c(n1)c(=O)cc(CCc1cccc(F)c1F)n2CC(=O)OC(C)(C)C. The van der Waals surface area contributed by atoms with Gasteiger partial charge in [-0.05, 0) is 45.2 Å². The Labute approximate surface area is 166 Å². The number of carbonyl (C=O) groups is 1. The Hall–Kier alpha value is -3.03. The summed E-state index contributed by atoms with van der Waals surface area (Å²) in [6.07, 6.45) is 2.06. The maximum atomic E-state index is 14.0. The van der Waals surface area contributed by atoms with Crippen LogP contribution in [-0.4, -0.2) is 25.9 Å². The number of esters is 1. The van der Waals surface area contributed by atoms with E-state index in [1.165, 1.54) is 22.9 Å². The lowest BCUT2D eigenvalue weighted by atomic mass is 10.1. The van der Waals surface area contributed by atoms with Crippen LogP contribution in [0.15, 0.2) is 35.3 Å². The largest absolute Gasteiger partial charge is 0.459 e. The van der Waals surface area contributed by atoms with Gasteiger partial charge in [0.1, 0.15) is 12.1 Å². The summed E-state index contributed by atoms with van der Waals surface area (Å²) >= 11 is 0. The molecule has 6 nitrogen and oxygen atoms in total. The van der Waals surface area contributed by atoms with Crippen molar-refractivity contribution in [2.24, 2.45) is 7.05 Å². The van der Waals surface area contributed by atoms with Crippen molar-refractivity contribution in [3.05, 3.63) is 63.6 Å². The zero-order chi connectivity index (χ0) is 21.3. The van der Waals surface area contributed by atoms with Gasteiger partial charge in [-0.25, -0.2) is 8.78 Å². The first-order chi connectivity index (χ1) is 13.5. The molecule has 1 aromatic carbocycles. The molecule has 0 amide bonds. The van der Waals surface area contributed by atoms with Crippen molar-refractivity contribution in [3.63, 3.8) is 0 Å². The summed E-state index contributed by atoms with van der Waals surface area (Å²) in [7, 11) is 1.68. The third-order valence-electron chi connectivity index (χ3n) is 4.37. The van der Waals surface area contributed by atoms with Crippen LogP contribution in [0.1, 0.15) is 32.0 Å².